The molecule has 2 fully saturated rings. The number of carboxylic acids is 1. The number of carbonyl (C=O) groups is 2. The van der Waals surface area contributed by atoms with Crippen molar-refractivity contribution in [2.45, 2.75) is 24.5 Å². The van der Waals surface area contributed by atoms with Crippen molar-refractivity contribution in [1.29, 1.82) is 0 Å². The monoisotopic (exact) mass is 333 g/mol. The zero-order valence-electron chi connectivity index (χ0n) is 12.4. The van der Waals surface area contributed by atoms with E-state index in [9.17, 15) is 14.7 Å². The minimum atomic E-state index is -0.933. The largest absolute Gasteiger partial charge is 0.481 e. The van der Waals surface area contributed by atoms with E-state index in [0.717, 1.165) is 23.7 Å². The van der Waals surface area contributed by atoms with Gasteiger partial charge in [0.15, 0.2) is 0 Å². The molecule has 5 nitrogen and oxygen atoms in total. The summed E-state index contributed by atoms with van der Waals surface area (Å²) in [5.74, 6) is 2.52. The molecule has 120 valence electrons. The van der Waals surface area contributed by atoms with Crippen molar-refractivity contribution in [2.75, 3.05) is 44.1 Å². The molecule has 2 unspecified atom stereocenters. The molecule has 0 aromatic rings. The molecule has 0 saturated carbocycles. The summed E-state index contributed by atoms with van der Waals surface area (Å²) in [6.07, 6.45) is 1.84. The van der Waals surface area contributed by atoms with Crippen LogP contribution in [0.25, 0.3) is 0 Å². The molecule has 0 aromatic heterocycles. The minimum absolute atomic E-state index is 0.0939. The fraction of sp³-hybridized carbons (Fsp3) is 0.857. The Hall–Kier alpha value is -0.400. The number of hydrogen-bond donors (Lipinski definition) is 1. The predicted octanol–water partition coefficient (Wildman–Crippen LogP) is 1.56. The van der Waals surface area contributed by atoms with E-state index in [1.54, 1.807) is 4.90 Å². The highest BCUT2D eigenvalue weighted by molar-refractivity contribution is 8.06. The highest BCUT2D eigenvalue weighted by atomic mass is 32.2. The lowest BCUT2D eigenvalue weighted by Crippen LogP contribution is -2.52. The fourth-order valence-electron chi connectivity index (χ4n) is 2.95. The molecular formula is C14H23NO4S2. The number of ether oxygens (including phenoxy) is 1. The third-order valence-corrected chi connectivity index (χ3v) is 6.94. The van der Waals surface area contributed by atoms with E-state index in [2.05, 4.69) is 0 Å². The maximum atomic E-state index is 12.5. The van der Waals surface area contributed by atoms with Gasteiger partial charge in [-0.15, -0.1) is 0 Å². The van der Waals surface area contributed by atoms with Gasteiger partial charge in [-0.3, -0.25) is 9.59 Å². The van der Waals surface area contributed by atoms with Crippen LogP contribution < -0.4 is 0 Å². The van der Waals surface area contributed by atoms with Gasteiger partial charge in [-0.1, -0.05) is 0 Å². The first-order valence-corrected chi connectivity index (χ1v) is 9.47. The quantitative estimate of drug-likeness (QED) is 0.824. The number of carboxylic acid groups (broad SMARTS) is 1. The summed E-state index contributed by atoms with van der Waals surface area (Å²) in [5, 5.41) is 9.89. The van der Waals surface area contributed by atoms with E-state index in [1.165, 1.54) is 7.11 Å². The van der Waals surface area contributed by atoms with Crippen molar-refractivity contribution in [3.63, 3.8) is 0 Å². The number of amides is 1. The van der Waals surface area contributed by atoms with Crippen molar-refractivity contribution in [3.05, 3.63) is 0 Å². The number of piperidine rings is 1. The zero-order chi connectivity index (χ0) is 15.3. The van der Waals surface area contributed by atoms with Crippen LogP contribution in [0.5, 0.6) is 0 Å². The van der Waals surface area contributed by atoms with Crippen LogP contribution in [0.4, 0.5) is 0 Å². The maximum Gasteiger partial charge on any atom is 0.313 e. The summed E-state index contributed by atoms with van der Waals surface area (Å²) in [4.78, 5) is 25.8. The van der Waals surface area contributed by atoms with E-state index in [1.807, 2.05) is 23.5 Å². The van der Waals surface area contributed by atoms with Gasteiger partial charge in [-0.05, 0) is 12.8 Å². The number of carbonyl (C=O) groups excluding carboxylic acids is 1. The molecule has 0 radical (unpaired) electrons. The molecule has 2 aliphatic rings. The van der Waals surface area contributed by atoms with Crippen molar-refractivity contribution in [2.24, 2.45) is 5.41 Å². The van der Waals surface area contributed by atoms with Crippen LogP contribution in [-0.2, 0) is 14.3 Å². The number of hydrogen-bond acceptors (Lipinski definition) is 5. The molecule has 2 aliphatic heterocycles. The zero-order valence-corrected chi connectivity index (χ0v) is 14.0. The number of rotatable bonds is 5. The number of methoxy groups -OCH3 is 1. The van der Waals surface area contributed by atoms with Crippen LogP contribution >= 0.6 is 23.5 Å². The second-order valence-corrected chi connectivity index (χ2v) is 8.27. The van der Waals surface area contributed by atoms with Crippen LogP contribution in [0.3, 0.4) is 0 Å². The van der Waals surface area contributed by atoms with E-state index >= 15 is 0 Å². The molecule has 21 heavy (non-hydrogen) atoms. The summed E-state index contributed by atoms with van der Waals surface area (Å²) in [6.45, 7) is 1.11. The highest BCUT2D eigenvalue weighted by Crippen LogP contribution is 2.32. The van der Waals surface area contributed by atoms with Crippen molar-refractivity contribution >= 4 is 35.4 Å². The Morgan fingerprint density at radius 3 is 2.86 bits per heavy atom. The van der Waals surface area contributed by atoms with Gasteiger partial charge in [-0.25, -0.2) is 0 Å². The lowest BCUT2D eigenvalue weighted by Gasteiger charge is -2.40. The van der Waals surface area contributed by atoms with Crippen LogP contribution in [-0.4, -0.2) is 71.2 Å². The molecule has 2 heterocycles. The topological polar surface area (TPSA) is 66.8 Å². The van der Waals surface area contributed by atoms with E-state index in [-0.39, 0.29) is 19.1 Å². The molecule has 2 rings (SSSR count). The molecule has 2 atom stereocenters. The molecule has 0 bridgehead atoms. The molecule has 7 heteroatoms. The van der Waals surface area contributed by atoms with Gasteiger partial charge in [0, 0.05) is 49.1 Å². The van der Waals surface area contributed by atoms with Crippen LogP contribution in [0, 0.1) is 5.41 Å². The third kappa shape index (κ3) is 4.29. The fourth-order valence-corrected chi connectivity index (χ4v) is 5.62. The Balaban J connectivity index is 1.95. The number of aliphatic carboxylic acids is 1. The van der Waals surface area contributed by atoms with Gasteiger partial charge in [0.2, 0.25) is 5.91 Å². The molecule has 0 spiro atoms. The molecule has 1 N–H and O–H groups in total. The van der Waals surface area contributed by atoms with Gasteiger partial charge in [-0.2, -0.15) is 23.5 Å². The summed E-state index contributed by atoms with van der Waals surface area (Å²) < 4.78 is 5.10. The lowest BCUT2D eigenvalue weighted by molar-refractivity contribution is -0.159. The Morgan fingerprint density at radius 2 is 2.24 bits per heavy atom. The average molecular weight is 333 g/mol. The van der Waals surface area contributed by atoms with E-state index in [4.69, 9.17) is 4.74 Å². The summed E-state index contributed by atoms with van der Waals surface area (Å²) in [7, 11) is 1.52. The first kappa shape index (κ1) is 17.0. The first-order chi connectivity index (χ1) is 10.1. The smallest absolute Gasteiger partial charge is 0.313 e. The number of likely N-dealkylation sites (tertiary alicyclic amines) is 1. The summed E-state index contributed by atoms with van der Waals surface area (Å²) >= 11 is 3.76. The second kappa shape index (κ2) is 7.74. The van der Waals surface area contributed by atoms with Crippen LogP contribution in [0.1, 0.15) is 19.3 Å². The Morgan fingerprint density at radius 1 is 1.43 bits per heavy atom. The van der Waals surface area contributed by atoms with Gasteiger partial charge < -0.3 is 14.7 Å². The Labute approximate surface area is 134 Å². The van der Waals surface area contributed by atoms with E-state index in [0.29, 0.717) is 24.6 Å². The number of nitrogens with zero attached hydrogens (tertiary/aromatic N) is 1. The second-order valence-electron chi connectivity index (χ2n) is 5.71. The summed E-state index contributed by atoms with van der Waals surface area (Å²) in [6, 6.07) is 0. The average Bonchev–Trinajstić information content (AvgIpc) is 2.48. The van der Waals surface area contributed by atoms with Crippen LogP contribution in [0.15, 0.2) is 0 Å². The van der Waals surface area contributed by atoms with Crippen molar-refractivity contribution in [1.82, 2.24) is 4.90 Å². The molecule has 2 saturated heterocycles. The van der Waals surface area contributed by atoms with Crippen LogP contribution in [0.2, 0.25) is 0 Å². The molecule has 0 aliphatic carbocycles. The summed E-state index contributed by atoms with van der Waals surface area (Å²) in [5.41, 5.74) is -0.933. The van der Waals surface area contributed by atoms with E-state index < -0.39 is 11.4 Å². The SMILES string of the molecule is COCC1(C(=O)O)CCCN(C(=O)CC2CSCCS2)C1. The lowest BCUT2D eigenvalue weighted by atomic mass is 9.80. The normalized spacial score (nSPS) is 30.1. The third-order valence-electron chi connectivity index (χ3n) is 4.09. The molecule has 0 aromatic carbocycles. The highest BCUT2D eigenvalue weighted by Gasteiger charge is 2.44. The van der Waals surface area contributed by atoms with Gasteiger partial charge in [0.25, 0.3) is 0 Å². The van der Waals surface area contributed by atoms with Gasteiger partial charge >= 0.3 is 5.97 Å². The Bertz CT molecular complexity index is 383. The van der Waals surface area contributed by atoms with Gasteiger partial charge in [0.1, 0.15) is 5.41 Å². The minimum Gasteiger partial charge on any atom is -0.481 e. The predicted molar refractivity (Wildman–Crippen MR) is 85.9 cm³/mol. The van der Waals surface area contributed by atoms with Gasteiger partial charge in [0.05, 0.1) is 6.61 Å². The first-order valence-electron chi connectivity index (χ1n) is 7.27. The standard InChI is InChI=1S/C14H23NO4S2/c1-19-10-14(13(17)18)3-2-4-15(9-14)12(16)7-11-8-20-5-6-21-11/h11H,2-10H2,1H3,(H,17,18). The number of thioether (sulfide) groups is 2. The Kier molecular flexibility index (Phi) is 6.25. The molecule has 1 amide bonds. The van der Waals surface area contributed by atoms with Crippen molar-refractivity contribution in [3.8, 4) is 0 Å². The van der Waals surface area contributed by atoms with Crippen molar-refractivity contribution < 1.29 is 19.4 Å². The molecular weight excluding hydrogens is 310 g/mol. The maximum absolute atomic E-state index is 12.5.